The fourth-order valence-electron chi connectivity index (χ4n) is 3.38. The van der Waals surface area contributed by atoms with Gasteiger partial charge in [-0.2, -0.15) is 0 Å². The van der Waals surface area contributed by atoms with Gasteiger partial charge in [-0.05, 0) is 55.7 Å². The van der Waals surface area contributed by atoms with E-state index in [0.717, 1.165) is 51.5 Å². The predicted octanol–water partition coefficient (Wildman–Crippen LogP) is 5.06. The largest absolute Gasteiger partial charge is 0.494 e. The molecule has 0 spiro atoms. The summed E-state index contributed by atoms with van der Waals surface area (Å²) in [6, 6.07) is 16.4. The number of nitrogens with two attached hydrogens (primary N) is 1. The highest BCUT2D eigenvalue weighted by Crippen LogP contribution is 2.27. The summed E-state index contributed by atoms with van der Waals surface area (Å²) in [5.74, 6) is 7.85. The van der Waals surface area contributed by atoms with Crippen molar-refractivity contribution in [1.82, 2.24) is 9.97 Å². The average molecular weight is 381 g/mol. The zero-order valence-corrected chi connectivity index (χ0v) is 16.7. The Hall–Kier alpha value is -3.58. The maximum Gasteiger partial charge on any atom is 0.150 e. The highest BCUT2D eigenvalue weighted by molar-refractivity contribution is 6.08. The molecule has 144 valence electrons. The molecule has 4 rings (SSSR count). The molecule has 2 N–H and O–H groups in total. The van der Waals surface area contributed by atoms with Crippen molar-refractivity contribution in [2.24, 2.45) is 0 Å². The molecule has 4 heteroatoms. The number of nitrogens with zero attached hydrogens (tertiary/aromatic N) is 2. The molecule has 2 heterocycles. The number of aromatic nitrogens is 2. The number of nitrogen functional groups attached to an aromatic ring is 1. The Morgan fingerprint density at radius 3 is 2.66 bits per heavy atom. The van der Waals surface area contributed by atoms with Crippen LogP contribution in [0, 0.1) is 18.8 Å². The number of ether oxygens (including phenoxy) is 1. The maximum absolute atomic E-state index is 6.12. The van der Waals surface area contributed by atoms with Crippen LogP contribution < -0.4 is 10.5 Å². The van der Waals surface area contributed by atoms with E-state index >= 15 is 0 Å². The van der Waals surface area contributed by atoms with Crippen LogP contribution >= 0.6 is 0 Å². The van der Waals surface area contributed by atoms with E-state index in [-0.39, 0.29) is 0 Å². The third-order valence-corrected chi connectivity index (χ3v) is 4.82. The molecule has 4 aromatic rings. The minimum absolute atomic E-state index is 0.452. The highest BCUT2D eigenvalue weighted by atomic mass is 16.5. The number of benzene rings is 2. The molecule has 0 bridgehead atoms. The Morgan fingerprint density at radius 2 is 1.86 bits per heavy atom. The van der Waals surface area contributed by atoms with Crippen LogP contribution in [0.2, 0.25) is 0 Å². The van der Waals surface area contributed by atoms with Crippen molar-refractivity contribution >= 4 is 27.6 Å². The summed E-state index contributed by atoms with van der Waals surface area (Å²) < 4.78 is 5.48. The van der Waals surface area contributed by atoms with E-state index in [0.29, 0.717) is 12.4 Å². The molecule has 0 aliphatic heterocycles. The van der Waals surface area contributed by atoms with E-state index in [9.17, 15) is 0 Å². The molecule has 0 aliphatic carbocycles. The van der Waals surface area contributed by atoms with Gasteiger partial charge in [0.25, 0.3) is 0 Å². The first-order chi connectivity index (χ1) is 14.1. The van der Waals surface area contributed by atoms with Gasteiger partial charge in [-0.15, -0.1) is 0 Å². The molecule has 0 unspecified atom stereocenters. The quantitative estimate of drug-likeness (QED) is 0.397. The van der Waals surface area contributed by atoms with Crippen molar-refractivity contribution in [3.63, 3.8) is 0 Å². The van der Waals surface area contributed by atoms with Crippen LogP contribution in [-0.4, -0.2) is 16.6 Å². The number of pyridine rings is 2. The van der Waals surface area contributed by atoms with Gasteiger partial charge in [0.2, 0.25) is 0 Å². The Balaban J connectivity index is 1.55. The van der Waals surface area contributed by atoms with Gasteiger partial charge in [0.05, 0.1) is 12.1 Å². The Labute approximate surface area is 170 Å². The smallest absolute Gasteiger partial charge is 0.150 e. The van der Waals surface area contributed by atoms with Gasteiger partial charge < -0.3 is 10.5 Å². The van der Waals surface area contributed by atoms with Gasteiger partial charge in [-0.1, -0.05) is 36.1 Å². The molecule has 0 atom stereocenters. The lowest BCUT2D eigenvalue weighted by molar-refractivity contribution is 0.340. The van der Waals surface area contributed by atoms with Crippen LogP contribution in [-0.2, 0) is 6.42 Å². The van der Waals surface area contributed by atoms with E-state index in [4.69, 9.17) is 10.5 Å². The lowest BCUT2D eigenvalue weighted by Crippen LogP contribution is -1.96. The fraction of sp³-hybridized carbons (Fsp3) is 0.200. The molecule has 29 heavy (non-hydrogen) atoms. The van der Waals surface area contributed by atoms with Crippen LogP contribution in [0.1, 0.15) is 30.0 Å². The van der Waals surface area contributed by atoms with Crippen LogP contribution in [0.4, 0.5) is 5.82 Å². The Kier molecular flexibility index (Phi) is 5.31. The van der Waals surface area contributed by atoms with Crippen LogP contribution in [0.25, 0.3) is 21.8 Å². The van der Waals surface area contributed by atoms with Crippen molar-refractivity contribution in [3.05, 3.63) is 71.4 Å². The fourth-order valence-corrected chi connectivity index (χ4v) is 3.38. The second-order valence-corrected chi connectivity index (χ2v) is 7.02. The normalized spacial score (nSPS) is 10.7. The standard InChI is InChI=1S/C25H23N3O/c1-3-29-20-11-9-18(10-12-20)6-4-5-7-19-15-22-21-13-8-17(2)14-23(21)28-25(26)24(22)27-16-19/h8-16H,3-4,6H2,1-2H3,(H2,26,28). The Morgan fingerprint density at radius 1 is 1.03 bits per heavy atom. The van der Waals surface area contributed by atoms with Crippen molar-refractivity contribution < 1.29 is 4.74 Å². The second kappa shape index (κ2) is 8.20. The number of rotatable bonds is 4. The maximum atomic E-state index is 6.12. The monoisotopic (exact) mass is 381 g/mol. The van der Waals surface area contributed by atoms with Crippen molar-refractivity contribution in [3.8, 4) is 17.6 Å². The molecule has 0 saturated heterocycles. The van der Waals surface area contributed by atoms with Gasteiger partial charge >= 0.3 is 0 Å². The van der Waals surface area contributed by atoms with E-state index in [1.165, 1.54) is 5.56 Å². The molecule has 4 nitrogen and oxygen atoms in total. The predicted molar refractivity (Wildman–Crippen MR) is 119 cm³/mol. The first-order valence-corrected chi connectivity index (χ1v) is 9.80. The summed E-state index contributed by atoms with van der Waals surface area (Å²) in [6.07, 6.45) is 3.45. The van der Waals surface area contributed by atoms with Crippen molar-refractivity contribution in [2.75, 3.05) is 12.3 Å². The third-order valence-electron chi connectivity index (χ3n) is 4.82. The van der Waals surface area contributed by atoms with Crippen molar-refractivity contribution in [1.29, 1.82) is 0 Å². The number of anilines is 1. The molecular formula is C25H23N3O. The first kappa shape index (κ1) is 18.8. The summed E-state index contributed by atoms with van der Waals surface area (Å²) in [6.45, 7) is 4.72. The summed E-state index contributed by atoms with van der Waals surface area (Å²) in [4.78, 5) is 9.00. The lowest BCUT2D eigenvalue weighted by atomic mass is 10.1. The van der Waals surface area contributed by atoms with Gasteiger partial charge in [0.1, 0.15) is 11.3 Å². The highest BCUT2D eigenvalue weighted by Gasteiger charge is 2.08. The number of aryl methyl sites for hydroxylation is 2. The van der Waals surface area contributed by atoms with Gasteiger partial charge in [-0.25, -0.2) is 4.98 Å². The third kappa shape index (κ3) is 4.14. The topological polar surface area (TPSA) is 61.0 Å². The molecule has 0 radical (unpaired) electrons. The van der Waals surface area contributed by atoms with Gasteiger partial charge in [0.15, 0.2) is 5.82 Å². The average Bonchev–Trinajstić information content (AvgIpc) is 2.72. The molecule has 0 saturated carbocycles. The number of hydrogen-bond acceptors (Lipinski definition) is 4. The summed E-state index contributed by atoms with van der Waals surface area (Å²) in [5, 5.41) is 2.04. The molecular weight excluding hydrogens is 358 g/mol. The lowest BCUT2D eigenvalue weighted by Gasteiger charge is -2.07. The van der Waals surface area contributed by atoms with E-state index in [1.54, 1.807) is 6.20 Å². The SMILES string of the molecule is CCOc1ccc(CCC#Cc2cnc3c(N)nc4cc(C)ccc4c3c2)cc1. The second-order valence-electron chi connectivity index (χ2n) is 7.02. The van der Waals surface area contributed by atoms with Crippen molar-refractivity contribution in [2.45, 2.75) is 26.7 Å². The van der Waals surface area contributed by atoms with E-state index in [1.807, 2.05) is 32.0 Å². The van der Waals surface area contributed by atoms with E-state index in [2.05, 4.69) is 52.1 Å². The minimum atomic E-state index is 0.452. The zero-order chi connectivity index (χ0) is 20.2. The molecule has 0 aliphatic rings. The van der Waals surface area contributed by atoms with Gasteiger partial charge in [0, 0.05) is 29.0 Å². The first-order valence-electron chi connectivity index (χ1n) is 9.80. The number of fused-ring (bicyclic) bond motifs is 3. The summed E-state index contributed by atoms with van der Waals surface area (Å²) in [5.41, 5.74) is 11.0. The van der Waals surface area contributed by atoms with Crippen LogP contribution in [0.3, 0.4) is 0 Å². The molecule has 0 amide bonds. The van der Waals surface area contributed by atoms with Gasteiger partial charge in [-0.3, -0.25) is 4.98 Å². The zero-order valence-electron chi connectivity index (χ0n) is 16.7. The molecule has 2 aromatic carbocycles. The summed E-state index contributed by atoms with van der Waals surface area (Å²) in [7, 11) is 0. The Bertz CT molecular complexity index is 1230. The minimum Gasteiger partial charge on any atom is -0.494 e. The van der Waals surface area contributed by atoms with E-state index < -0.39 is 0 Å². The van der Waals surface area contributed by atoms with Crippen LogP contribution in [0.15, 0.2) is 54.7 Å². The summed E-state index contributed by atoms with van der Waals surface area (Å²) >= 11 is 0. The molecule has 2 aromatic heterocycles. The number of hydrogen-bond donors (Lipinski definition) is 1. The van der Waals surface area contributed by atoms with Crippen LogP contribution in [0.5, 0.6) is 5.75 Å². The molecule has 0 fully saturated rings.